The molecule has 12 heavy (non-hydrogen) atoms. The smallest absolute Gasteiger partial charge is 0.250 e. The van der Waals surface area contributed by atoms with Crippen molar-refractivity contribution in [1.29, 1.82) is 0 Å². The highest BCUT2D eigenvalue weighted by Gasteiger charge is 2.36. The zero-order valence-corrected chi connectivity index (χ0v) is 7.25. The molecule has 0 N–H and O–H groups in total. The van der Waals surface area contributed by atoms with E-state index in [0.29, 0.717) is 5.01 Å². The molecule has 0 fully saturated rings. The van der Waals surface area contributed by atoms with Gasteiger partial charge in [0.15, 0.2) is 0 Å². The number of hydrogen-bond acceptors (Lipinski definition) is 2. The molecule has 1 aromatic rings. The third kappa shape index (κ3) is 2.48. The average molecular weight is 195 g/mol. The quantitative estimate of drug-likeness (QED) is 0.707. The number of alkyl halides is 3. The summed E-state index contributed by atoms with van der Waals surface area (Å²) in [6.45, 7) is 1.17. The lowest BCUT2D eigenvalue weighted by Crippen LogP contribution is -2.21. The van der Waals surface area contributed by atoms with Gasteiger partial charge in [-0.1, -0.05) is 6.92 Å². The number of hydrogen-bond donors (Lipinski definition) is 0. The maximum Gasteiger partial charge on any atom is 0.391 e. The minimum Gasteiger partial charge on any atom is -0.250 e. The van der Waals surface area contributed by atoms with E-state index < -0.39 is 12.1 Å². The topological polar surface area (TPSA) is 12.9 Å². The van der Waals surface area contributed by atoms with E-state index in [1.165, 1.54) is 24.5 Å². The predicted octanol–water partition coefficient (Wildman–Crippen LogP) is 2.88. The number of nitrogens with zero attached hydrogens (tertiary/aromatic N) is 1. The van der Waals surface area contributed by atoms with Crippen molar-refractivity contribution in [3.8, 4) is 0 Å². The molecule has 5 heteroatoms. The summed E-state index contributed by atoms with van der Waals surface area (Å²) in [6, 6.07) is 0. The first-order chi connectivity index (χ1) is 5.50. The van der Waals surface area contributed by atoms with Crippen LogP contribution in [0.1, 0.15) is 11.9 Å². The van der Waals surface area contributed by atoms with Crippen LogP contribution >= 0.6 is 11.3 Å². The lowest BCUT2D eigenvalue weighted by Gasteiger charge is -2.13. The van der Waals surface area contributed by atoms with Crippen molar-refractivity contribution in [3.05, 3.63) is 16.6 Å². The normalized spacial score (nSPS) is 14.7. The second kappa shape index (κ2) is 3.43. The maximum atomic E-state index is 12.0. The van der Waals surface area contributed by atoms with Crippen molar-refractivity contribution in [3.63, 3.8) is 0 Å². The molecule has 1 rings (SSSR count). The van der Waals surface area contributed by atoms with Crippen LogP contribution in [0.15, 0.2) is 11.6 Å². The minimum atomic E-state index is -4.11. The van der Waals surface area contributed by atoms with Gasteiger partial charge in [0, 0.05) is 18.0 Å². The fourth-order valence-electron chi connectivity index (χ4n) is 0.731. The SMILES string of the molecule is CC(Cc1nccs1)C(F)(F)F. The van der Waals surface area contributed by atoms with E-state index in [-0.39, 0.29) is 6.42 Å². The van der Waals surface area contributed by atoms with Crippen LogP contribution in [-0.2, 0) is 6.42 Å². The fraction of sp³-hybridized carbons (Fsp3) is 0.571. The van der Waals surface area contributed by atoms with Crippen LogP contribution in [0.25, 0.3) is 0 Å². The lowest BCUT2D eigenvalue weighted by molar-refractivity contribution is -0.169. The van der Waals surface area contributed by atoms with Crippen LogP contribution in [0.2, 0.25) is 0 Å². The van der Waals surface area contributed by atoms with Crippen LogP contribution in [-0.4, -0.2) is 11.2 Å². The Kier molecular flexibility index (Phi) is 2.72. The molecule has 0 spiro atoms. The molecular weight excluding hydrogens is 187 g/mol. The standard InChI is InChI=1S/C7H8F3NS/c1-5(7(8,9)10)4-6-11-2-3-12-6/h2-3,5H,4H2,1H3. The van der Waals surface area contributed by atoms with E-state index in [2.05, 4.69) is 4.98 Å². The first kappa shape index (κ1) is 9.51. The summed E-state index contributed by atoms with van der Waals surface area (Å²) in [5, 5.41) is 2.22. The molecule has 0 bridgehead atoms. The van der Waals surface area contributed by atoms with Crippen LogP contribution in [0, 0.1) is 5.92 Å². The molecule has 0 aromatic carbocycles. The van der Waals surface area contributed by atoms with E-state index in [9.17, 15) is 13.2 Å². The molecular formula is C7H8F3NS. The highest BCUT2D eigenvalue weighted by molar-refractivity contribution is 7.09. The van der Waals surface area contributed by atoms with Crippen molar-refractivity contribution in [1.82, 2.24) is 4.98 Å². The Hall–Kier alpha value is -0.580. The Bertz CT molecular complexity index is 229. The summed E-state index contributed by atoms with van der Waals surface area (Å²) in [6.07, 6.45) is -2.60. The van der Waals surface area contributed by atoms with Crippen molar-refractivity contribution in [2.75, 3.05) is 0 Å². The molecule has 1 heterocycles. The van der Waals surface area contributed by atoms with Crippen molar-refractivity contribution < 1.29 is 13.2 Å². The van der Waals surface area contributed by atoms with Crippen LogP contribution in [0.5, 0.6) is 0 Å². The highest BCUT2D eigenvalue weighted by Crippen LogP contribution is 2.28. The molecule has 0 aliphatic rings. The molecule has 0 amide bonds. The van der Waals surface area contributed by atoms with E-state index in [1.54, 1.807) is 5.38 Å². The molecule has 0 saturated heterocycles. The molecule has 1 nitrogen and oxygen atoms in total. The largest absolute Gasteiger partial charge is 0.391 e. The van der Waals surface area contributed by atoms with Gasteiger partial charge in [-0.3, -0.25) is 0 Å². The molecule has 68 valence electrons. The van der Waals surface area contributed by atoms with Crippen LogP contribution < -0.4 is 0 Å². The van der Waals surface area contributed by atoms with Crippen molar-refractivity contribution in [2.45, 2.75) is 19.5 Å². The van der Waals surface area contributed by atoms with Gasteiger partial charge in [0.2, 0.25) is 0 Å². The summed E-state index contributed by atoms with van der Waals surface area (Å²) in [4.78, 5) is 3.79. The van der Waals surface area contributed by atoms with Crippen LogP contribution in [0.3, 0.4) is 0 Å². The Morgan fingerprint density at radius 3 is 2.67 bits per heavy atom. The fourth-order valence-corrected chi connectivity index (χ4v) is 1.48. The second-order valence-electron chi connectivity index (χ2n) is 2.57. The molecule has 0 aliphatic heterocycles. The monoisotopic (exact) mass is 195 g/mol. The summed E-state index contributed by atoms with van der Waals surface area (Å²) in [7, 11) is 0. The van der Waals surface area contributed by atoms with Gasteiger partial charge in [0.05, 0.1) is 10.9 Å². The number of rotatable bonds is 2. The van der Waals surface area contributed by atoms with Gasteiger partial charge < -0.3 is 0 Å². The van der Waals surface area contributed by atoms with Crippen LogP contribution in [0.4, 0.5) is 13.2 Å². The number of thiazole rings is 1. The molecule has 0 radical (unpaired) electrons. The maximum absolute atomic E-state index is 12.0. The minimum absolute atomic E-state index is 0.0127. The lowest BCUT2D eigenvalue weighted by atomic mass is 10.1. The Morgan fingerprint density at radius 1 is 1.58 bits per heavy atom. The van der Waals surface area contributed by atoms with Gasteiger partial charge in [-0.05, 0) is 0 Å². The van der Waals surface area contributed by atoms with Gasteiger partial charge in [0.25, 0.3) is 0 Å². The first-order valence-electron chi connectivity index (χ1n) is 3.45. The van der Waals surface area contributed by atoms with Gasteiger partial charge >= 0.3 is 6.18 Å². The molecule has 0 aliphatic carbocycles. The van der Waals surface area contributed by atoms with E-state index in [0.717, 1.165) is 0 Å². The summed E-state index contributed by atoms with van der Waals surface area (Å²) in [5.41, 5.74) is 0. The molecule has 0 saturated carbocycles. The number of halogens is 3. The van der Waals surface area contributed by atoms with Gasteiger partial charge in [0.1, 0.15) is 0 Å². The molecule has 1 aromatic heterocycles. The summed E-state index contributed by atoms with van der Waals surface area (Å²) < 4.78 is 36.1. The van der Waals surface area contributed by atoms with E-state index in [1.807, 2.05) is 0 Å². The van der Waals surface area contributed by atoms with Crippen molar-refractivity contribution in [2.24, 2.45) is 5.92 Å². The zero-order valence-electron chi connectivity index (χ0n) is 6.43. The average Bonchev–Trinajstić information content (AvgIpc) is 2.37. The molecule has 1 atom stereocenters. The van der Waals surface area contributed by atoms with Crippen molar-refractivity contribution >= 4 is 11.3 Å². The third-order valence-corrected chi connectivity index (χ3v) is 2.33. The summed E-state index contributed by atoms with van der Waals surface area (Å²) in [5.74, 6) is -1.30. The second-order valence-corrected chi connectivity index (χ2v) is 3.55. The van der Waals surface area contributed by atoms with Gasteiger partial charge in [-0.2, -0.15) is 13.2 Å². The zero-order chi connectivity index (χ0) is 9.19. The Morgan fingerprint density at radius 2 is 2.25 bits per heavy atom. The Balaban J connectivity index is 2.53. The number of aromatic nitrogens is 1. The third-order valence-electron chi connectivity index (χ3n) is 1.52. The van der Waals surface area contributed by atoms with Gasteiger partial charge in [-0.25, -0.2) is 4.98 Å². The molecule has 1 unspecified atom stereocenters. The van der Waals surface area contributed by atoms with E-state index >= 15 is 0 Å². The first-order valence-corrected chi connectivity index (χ1v) is 4.33. The highest BCUT2D eigenvalue weighted by atomic mass is 32.1. The Labute approximate surface area is 72.2 Å². The van der Waals surface area contributed by atoms with E-state index in [4.69, 9.17) is 0 Å². The van der Waals surface area contributed by atoms with Gasteiger partial charge in [-0.15, -0.1) is 11.3 Å². The predicted molar refractivity (Wildman–Crippen MR) is 41.0 cm³/mol. The summed E-state index contributed by atoms with van der Waals surface area (Å²) >= 11 is 1.26.